The Labute approximate surface area is 125 Å². The quantitative estimate of drug-likeness (QED) is 0.940. The van der Waals surface area contributed by atoms with E-state index in [1.807, 2.05) is 0 Å². The molecule has 0 aliphatic heterocycles. The number of hydrogen-bond acceptors (Lipinski definition) is 4. The number of aromatic nitrogens is 2. The Balaban J connectivity index is 1.72. The largest absolute Gasteiger partial charge is 0.339 e. The molecule has 0 amide bonds. The average molecular weight is 285 g/mol. The fraction of sp³-hybridized carbons (Fsp3) is 0.529. The normalized spacial score (nSPS) is 22.4. The molecule has 2 aromatic rings. The smallest absolute Gasteiger partial charge is 0.229 e. The predicted molar refractivity (Wildman–Crippen MR) is 82.2 cm³/mol. The summed E-state index contributed by atoms with van der Waals surface area (Å²) >= 11 is 0. The lowest BCUT2D eigenvalue weighted by atomic mass is 9.86. The Bertz CT molecular complexity index is 600. The van der Waals surface area contributed by atoms with Gasteiger partial charge in [-0.05, 0) is 38.7 Å². The molecule has 3 rings (SSSR count). The summed E-state index contributed by atoms with van der Waals surface area (Å²) in [6, 6.07) is 6.81. The molecule has 1 aromatic heterocycles. The van der Waals surface area contributed by atoms with Crippen LogP contribution in [0.5, 0.6) is 0 Å². The van der Waals surface area contributed by atoms with E-state index in [9.17, 15) is 0 Å². The number of nitrogens with zero attached hydrogens (tertiary/aromatic N) is 2. The number of hydrogen-bond donors (Lipinski definition) is 1. The fourth-order valence-electron chi connectivity index (χ4n) is 3.31. The van der Waals surface area contributed by atoms with Crippen LogP contribution in [-0.2, 0) is 6.42 Å². The maximum Gasteiger partial charge on any atom is 0.229 e. The van der Waals surface area contributed by atoms with E-state index in [4.69, 9.17) is 10.3 Å². The molecule has 0 spiro atoms. The monoisotopic (exact) mass is 285 g/mol. The van der Waals surface area contributed by atoms with Gasteiger partial charge in [0.05, 0.1) is 0 Å². The first-order chi connectivity index (χ1) is 10.1. The van der Waals surface area contributed by atoms with Gasteiger partial charge in [0.1, 0.15) is 0 Å². The van der Waals surface area contributed by atoms with E-state index in [1.54, 1.807) is 0 Å². The van der Waals surface area contributed by atoms with E-state index < -0.39 is 0 Å². The Morgan fingerprint density at radius 3 is 2.67 bits per heavy atom. The van der Waals surface area contributed by atoms with E-state index in [-0.39, 0.29) is 6.04 Å². The van der Waals surface area contributed by atoms with Gasteiger partial charge in [-0.3, -0.25) is 0 Å². The number of aryl methyl sites for hydroxylation is 2. The highest BCUT2D eigenvalue weighted by atomic mass is 16.5. The summed E-state index contributed by atoms with van der Waals surface area (Å²) in [6.07, 6.45) is 5.07. The molecule has 0 saturated heterocycles. The minimum Gasteiger partial charge on any atom is -0.339 e. The molecule has 1 aliphatic rings. The summed E-state index contributed by atoms with van der Waals surface area (Å²) < 4.78 is 5.47. The highest BCUT2D eigenvalue weighted by Gasteiger charge is 2.25. The summed E-state index contributed by atoms with van der Waals surface area (Å²) in [4.78, 5) is 4.59. The van der Waals surface area contributed by atoms with Gasteiger partial charge in [0, 0.05) is 18.4 Å². The minimum absolute atomic E-state index is 0.276. The second-order valence-corrected chi connectivity index (χ2v) is 6.35. The van der Waals surface area contributed by atoms with Crippen LogP contribution in [0.15, 0.2) is 22.7 Å². The van der Waals surface area contributed by atoms with E-state index >= 15 is 0 Å². The summed E-state index contributed by atoms with van der Waals surface area (Å²) in [6.45, 7) is 4.23. The molecular formula is C17H23N3O. The predicted octanol–water partition coefficient (Wildman–Crippen LogP) is 3.26. The van der Waals surface area contributed by atoms with Gasteiger partial charge < -0.3 is 10.3 Å². The molecule has 21 heavy (non-hydrogen) atoms. The molecule has 2 N–H and O–H groups in total. The molecule has 0 radical (unpaired) electrons. The molecule has 2 atom stereocenters. The third-order valence-corrected chi connectivity index (χ3v) is 4.19. The van der Waals surface area contributed by atoms with Crippen LogP contribution in [0, 0.1) is 13.8 Å². The lowest BCUT2D eigenvalue weighted by Gasteiger charge is -2.23. The zero-order chi connectivity index (χ0) is 14.8. The molecule has 0 bridgehead atoms. The van der Waals surface area contributed by atoms with Crippen LogP contribution in [-0.4, -0.2) is 16.2 Å². The molecule has 1 saturated carbocycles. The maximum absolute atomic E-state index is 6.04. The first-order valence-electron chi connectivity index (χ1n) is 7.75. The van der Waals surface area contributed by atoms with Crippen molar-refractivity contribution < 1.29 is 4.52 Å². The molecular weight excluding hydrogens is 262 g/mol. The van der Waals surface area contributed by atoms with Gasteiger partial charge in [-0.1, -0.05) is 40.9 Å². The number of nitrogens with two attached hydrogens (primary N) is 1. The molecule has 1 fully saturated rings. The van der Waals surface area contributed by atoms with Crippen molar-refractivity contribution in [2.75, 3.05) is 0 Å². The molecule has 1 heterocycles. The van der Waals surface area contributed by atoms with Crippen LogP contribution in [0.3, 0.4) is 0 Å². The van der Waals surface area contributed by atoms with E-state index in [0.717, 1.165) is 43.8 Å². The second kappa shape index (κ2) is 5.98. The van der Waals surface area contributed by atoms with Gasteiger partial charge >= 0.3 is 0 Å². The highest BCUT2D eigenvalue weighted by molar-refractivity contribution is 5.30. The Kier molecular flexibility index (Phi) is 4.06. The molecule has 2 unspecified atom stereocenters. The maximum atomic E-state index is 6.04. The van der Waals surface area contributed by atoms with Crippen molar-refractivity contribution >= 4 is 0 Å². The topological polar surface area (TPSA) is 64.9 Å². The van der Waals surface area contributed by atoms with Crippen LogP contribution in [0.4, 0.5) is 0 Å². The highest BCUT2D eigenvalue weighted by Crippen LogP contribution is 2.31. The molecule has 4 heteroatoms. The van der Waals surface area contributed by atoms with Crippen LogP contribution in [0.2, 0.25) is 0 Å². The fourth-order valence-corrected chi connectivity index (χ4v) is 3.31. The lowest BCUT2D eigenvalue weighted by Crippen LogP contribution is -2.26. The lowest BCUT2D eigenvalue weighted by molar-refractivity contribution is 0.297. The molecule has 1 aromatic carbocycles. The van der Waals surface area contributed by atoms with Gasteiger partial charge in [0.25, 0.3) is 0 Å². The summed E-state index contributed by atoms with van der Waals surface area (Å²) in [5, 5.41) is 4.14. The standard InChI is InChI=1S/C17H23N3O/c1-11-6-12(2)8-13(7-11)9-16-19-17(21-20-16)14-4-3-5-15(18)10-14/h6-8,14-15H,3-5,9-10,18H2,1-2H3. The van der Waals surface area contributed by atoms with E-state index in [2.05, 4.69) is 42.2 Å². The van der Waals surface area contributed by atoms with E-state index in [1.165, 1.54) is 16.7 Å². The SMILES string of the molecule is Cc1cc(C)cc(Cc2noc(C3CCCC(N)C3)n2)c1. The van der Waals surface area contributed by atoms with Gasteiger partial charge in [0.15, 0.2) is 5.82 Å². The van der Waals surface area contributed by atoms with Gasteiger partial charge in [0.2, 0.25) is 5.89 Å². The second-order valence-electron chi connectivity index (χ2n) is 6.35. The Morgan fingerprint density at radius 1 is 1.19 bits per heavy atom. The average Bonchev–Trinajstić information content (AvgIpc) is 2.86. The third kappa shape index (κ3) is 3.50. The van der Waals surface area contributed by atoms with Crippen molar-refractivity contribution in [1.82, 2.24) is 10.1 Å². The zero-order valence-corrected chi connectivity index (χ0v) is 12.8. The summed E-state index contributed by atoms with van der Waals surface area (Å²) in [7, 11) is 0. The summed E-state index contributed by atoms with van der Waals surface area (Å²) in [5.41, 5.74) is 9.81. The van der Waals surface area contributed by atoms with Crippen molar-refractivity contribution in [3.05, 3.63) is 46.6 Å². The van der Waals surface area contributed by atoms with Crippen LogP contribution in [0.25, 0.3) is 0 Å². The van der Waals surface area contributed by atoms with Crippen LogP contribution in [0.1, 0.15) is 60.0 Å². The molecule has 4 nitrogen and oxygen atoms in total. The Hall–Kier alpha value is -1.68. The minimum atomic E-state index is 0.276. The van der Waals surface area contributed by atoms with Crippen molar-refractivity contribution in [2.24, 2.45) is 5.73 Å². The van der Waals surface area contributed by atoms with E-state index in [0.29, 0.717) is 5.92 Å². The summed E-state index contributed by atoms with van der Waals surface area (Å²) in [5.74, 6) is 1.88. The van der Waals surface area contributed by atoms with Gasteiger partial charge in [-0.2, -0.15) is 4.98 Å². The molecule has 1 aliphatic carbocycles. The van der Waals surface area contributed by atoms with Crippen molar-refractivity contribution in [1.29, 1.82) is 0 Å². The van der Waals surface area contributed by atoms with Gasteiger partial charge in [-0.15, -0.1) is 0 Å². The first-order valence-corrected chi connectivity index (χ1v) is 7.75. The van der Waals surface area contributed by atoms with Crippen molar-refractivity contribution in [3.63, 3.8) is 0 Å². The van der Waals surface area contributed by atoms with Gasteiger partial charge in [-0.25, -0.2) is 0 Å². The third-order valence-electron chi connectivity index (χ3n) is 4.19. The van der Waals surface area contributed by atoms with Crippen molar-refractivity contribution in [3.8, 4) is 0 Å². The zero-order valence-electron chi connectivity index (χ0n) is 12.8. The number of rotatable bonds is 3. The molecule has 112 valence electrons. The number of benzene rings is 1. The first kappa shape index (κ1) is 14.3. The Morgan fingerprint density at radius 2 is 1.95 bits per heavy atom. The van der Waals surface area contributed by atoms with Crippen molar-refractivity contribution in [2.45, 2.75) is 57.9 Å². The van der Waals surface area contributed by atoms with Crippen LogP contribution < -0.4 is 5.73 Å². The van der Waals surface area contributed by atoms with Crippen LogP contribution >= 0.6 is 0 Å².